The molecule has 1 aromatic heterocycles. The number of imidazole rings is 1. The zero-order valence-corrected chi connectivity index (χ0v) is 17.2. The second-order valence-electron chi connectivity index (χ2n) is 7.76. The molecule has 7 nitrogen and oxygen atoms in total. The van der Waals surface area contributed by atoms with E-state index >= 15 is 0 Å². The van der Waals surface area contributed by atoms with Crippen LogP contribution in [0.25, 0.3) is 11.0 Å². The maximum Gasteiger partial charge on any atom is 0.573 e. The lowest BCUT2D eigenvalue weighted by Crippen LogP contribution is -2.42. The number of aromatic amines is 1. The summed E-state index contributed by atoms with van der Waals surface area (Å²) in [4.78, 5) is 29.6. The third-order valence-corrected chi connectivity index (χ3v) is 5.59. The Balaban J connectivity index is 1.30. The van der Waals surface area contributed by atoms with Crippen molar-refractivity contribution in [1.29, 1.82) is 0 Å². The normalized spacial score (nSPS) is 15.7. The number of amides is 1. The molecule has 1 amide bonds. The summed E-state index contributed by atoms with van der Waals surface area (Å²) in [5, 5.41) is 2.66. The highest BCUT2D eigenvalue weighted by molar-refractivity contribution is 5.78. The van der Waals surface area contributed by atoms with E-state index in [-0.39, 0.29) is 42.0 Å². The molecule has 32 heavy (non-hydrogen) atoms. The molecule has 3 aromatic rings. The van der Waals surface area contributed by atoms with Gasteiger partial charge in [-0.25, -0.2) is 4.79 Å². The number of carbonyl (C=O) groups is 1. The summed E-state index contributed by atoms with van der Waals surface area (Å²) in [6.45, 7) is 1.35. The molecule has 10 heteroatoms. The second kappa shape index (κ2) is 9.07. The second-order valence-corrected chi connectivity index (χ2v) is 7.76. The number of carbonyl (C=O) groups excluding carboxylic acids is 1. The molecule has 0 spiro atoms. The Morgan fingerprint density at radius 1 is 1.09 bits per heavy atom. The SMILES string of the molecule is O=C(CN1CCC(n2c(=O)[nH]c3ccccc32)CC1)NCc1ccccc1OC(F)(F)F. The quantitative estimate of drug-likeness (QED) is 0.607. The summed E-state index contributed by atoms with van der Waals surface area (Å²) in [6, 6.07) is 13.3. The van der Waals surface area contributed by atoms with E-state index in [9.17, 15) is 22.8 Å². The number of alkyl halides is 3. The maximum atomic E-state index is 12.5. The number of fused-ring (bicyclic) bond motifs is 1. The van der Waals surface area contributed by atoms with Crippen LogP contribution in [0.5, 0.6) is 5.75 Å². The predicted octanol–water partition coefficient (Wildman–Crippen LogP) is 3.18. The molecule has 2 N–H and O–H groups in total. The number of H-pyrrole nitrogens is 1. The summed E-state index contributed by atoms with van der Waals surface area (Å²) >= 11 is 0. The number of ether oxygens (including phenoxy) is 1. The van der Waals surface area contributed by atoms with Gasteiger partial charge in [-0.2, -0.15) is 0 Å². The van der Waals surface area contributed by atoms with Crippen LogP contribution in [0.4, 0.5) is 13.2 Å². The average molecular weight is 448 g/mol. The van der Waals surface area contributed by atoms with Gasteiger partial charge in [0.05, 0.1) is 17.6 Å². The highest BCUT2D eigenvalue weighted by atomic mass is 19.4. The molecular formula is C22H23F3N4O3. The van der Waals surface area contributed by atoms with Gasteiger partial charge < -0.3 is 15.0 Å². The number of para-hydroxylation sites is 3. The van der Waals surface area contributed by atoms with Crippen molar-refractivity contribution in [3.05, 3.63) is 64.6 Å². The molecule has 0 atom stereocenters. The molecule has 0 saturated carbocycles. The molecule has 0 radical (unpaired) electrons. The molecule has 4 rings (SSSR count). The Morgan fingerprint density at radius 2 is 1.78 bits per heavy atom. The third-order valence-electron chi connectivity index (χ3n) is 5.59. The number of rotatable bonds is 6. The molecule has 0 bridgehead atoms. The average Bonchev–Trinajstić information content (AvgIpc) is 3.08. The van der Waals surface area contributed by atoms with Gasteiger partial charge in [0, 0.05) is 31.2 Å². The van der Waals surface area contributed by atoms with E-state index in [0.29, 0.717) is 13.1 Å². The molecule has 2 heterocycles. The van der Waals surface area contributed by atoms with E-state index in [1.165, 1.54) is 18.2 Å². The van der Waals surface area contributed by atoms with Crippen molar-refractivity contribution in [1.82, 2.24) is 19.8 Å². The van der Waals surface area contributed by atoms with Crippen LogP contribution >= 0.6 is 0 Å². The standard InChI is InChI=1S/C22H23F3N4O3/c23-22(24,25)32-19-8-4-1-5-15(19)13-26-20(30)14-28-11-9-16(10-12-28)29-18-7-3-2-6-17(18)27-21(29)31/h1-8,16H,9-14H2,(H,26,30)(H,27,31). The topological polar surface area (TPSA) is 79.4 Å². The van der Waals surface area contributed by atoms with E-state index in [1.807, 2.05) is 29.2 Å². The van der Waals surface area contributed by atoms with Crippen LogP contribution in [-0.4, -0.2) is 46.4 Å². The molecule has 1 fully saturated rings. The third kappa shape index (κ3) is 5.13. The van der Waals surface area contributed by atoms with Gasteiger partial charge in [0.1, 0.15) is 5.75 Å². The maximum absolute atomic E-state index is 12.5. The van der Waals surface area contributed by atoms with Crippen molar-refractivity contribution >= 4 is 16.9 Å². The fraction of sp³-hybridized carbons (Fsp3) is 0.364. The Kier molecular flexibility index (Phi) is 6.22. The van der Waals surface area contributed by atoms with Crippen molar-refractivity contribution in [3.8, 4) is 5.75 Å². The van der Waals surface area contributed by atoms with Gasteiger partial charge in [-0.3, -0.25) is 14.3 Å². The Hall–Kier alpha value is -3.27. The number of piperidine rings is 1. The summed E-state index contributed by atoms with van der Waals surface area (Å²) < 4.78 is 43.4. The number of nitrogens with zero attached hydrogens (tertiary/aromatic N) is 2. The number of aromatic nitrogens is 2. The van der Waals surface area contributed by atoms with Crippen LogP contribution in [-0.2, 0) is 11.3 Å². The molecule has 2 aromatic carbocycles. The van der Waals surface area contributed by atoms with Crippen molar-refractivity contribution in [2.45, 2.75) is 31.8 Å². The highest BCUT2D eigenvalue weighted by Gasteiger charge is 2.32. The predicted molar refractivity (Wildman–Crippen MR) is 112 cm³/mol. The lowest BCUT2D eigenvalue weighted by Gasteiger charge is -2.32. The van der Waals surface area contributed by atoms with Gasteiger partial charge in [-0.05, 0) is 31.0 Å². The Labute approximate surface area is 181 Å². The number of halogens is 3. The number of benzene rings is 2. The van der Waals surface area contributed by atoms with Gasteiger partial charge in [0.15, 0.2) is 0 Å². The largest absolute Gasteiger partial charge is 0.573 e. The first kappa shape index (κ1) is 21.9. The van der Waals surface area contributed by atoms with Crippen LogP contribution in [0.15, 0.2) is 53.3 Å². The lowest BCUT2D eigenvalue weighted by atomic mass is 10.0. The van der Waals surface area contributed by atoms with Crippen LogP contribution in [0, 0.1) is 0 Å². The van der Waals surface area contributed by atoms with Crippen molar-refractivity contribution in [3.63, 3.8) is 0 Å². The molecule has 0 aliphatic carbocycles. The van der Waals surface area contributed by atoms with E-state index in [2.05, 4.69) is 15.0 Å². The summed E-state index contributed by atoms with van der Waals surface area (Å²) in [7, 11) is 0. The van der Waals surface area contributed by atoms with Gasteiger partial charge >= 0.3 is 12.1 Å². The first-order valence-electron chi connectivity index (χ1n) is 10.3. The zero-order chi connectivity index (χ0) is 22.7. The molecule has 0 unspecified atom stereocenters. The smallest absolute Gasteiger partial charge is 0.405 e. The van der Waals surface area contributed by atoms with E-state index in [4.69, 9.17) is 0 Å². The molecule has 170 valence electrons. The molecule has 1 aliphatic heterocycles. The van der Waals surface area contributed by atoms with Gasteiger partial charge in [-0.15, -0.1) is 13.2 Å². The van der Waals surface area contributed by atoms with E-state index < -0.39 is 6.36 Å². The van der Waals surface area contributed by atoms with Crippen molar-refractivity contribution in [2.24, 2.45) is 0 Å². The van der Waals surface area contributed by atoms with Crippen LogP contribution < -0.4 is 15.7 Å². The van der Waals surface area contributed by atoms with Crippen LogP contribution in [0.1, 0.15) is 24.4 Å². The highest BCUT2D eigenvalue weighted by Crippen LogP contribution is 2.26. The van der Waals surface area contributed by atoms with Gasteiger partial charge in [0.2, 0.25) is 5.91 Å². The first-order chi connectivity index (χ1) is 15.3. The number of hydrogen-bond acceptors (Lipinski definition) is 4. The van der Waals surface area contributed by atoms with Crippen molar-refractivity contribution < 1.29 is 22.7 Å². The number of hydrogen-bond donors (Lipinski definition) is 2. The summed E-state index contributed by atoms with van der Waals surface area (Å²) in [5.41, 5.74) is 1.78. The summed E-state index contributed by atoms with van der Waals surface area (Å²) in [6.07, 6.45) is -3.36. The van der Waals surface area contributed by atoms with E-state index in [0.717, 1.165) is 23.9 Å². The van der Waals surface area contributed by atoms with E-state index in [1.54, 1.807) is 10.6 Å². The minimum absolute atomic E-state index is 0.0457. The fourth-order valence-corrected chi connectivity index (χ4v) is 4.10. The summed E-state index contributed by atoms with van der Waals surface area (Å²) in [5.74, 6) is -0.611. The number of nitrogens with one attached hydrogen (secondary N) is 2. The number of likely N-dealkylation sites (tertiary alicyclic amines) is 1. The van der Waals surface area contributed by atoms with Gasteiger partial charge in [-0.1, -0.05) is 30.3 Å². The van der Waals surface area contributed by atoms with Crippen LogP contribution in [0.3, 0.4) is 0 Å². The monoisotopic (exact) mass is 448 g/mol. The fourth-order valence-electron chi connectivity index (χ4n) is 4.10. The van der Waals surface area contributed by atoms with Crippen molar-refractivity contribution in [2.75, 3.05) is 19.6 Å². The minimum Gasteiger partial charge on any atom is -0.405 e. The van der Waals surface area contributed by atoms with Crippen LogP contribution in [0.2, 0.25) is 0 Å². The Morgan fingerprint density at radius 3 is 2.53 bits per heavy atom. The zero-order valence-electron chi connectivity index (χ0n) is 17.2. The molecule has 1 saturated heterocycles. The van der Waals surface area contributed by atoms with Gasteiger partial charge in [0.25, 0.3) is 0 Å². The Bertz CT molecular complexity index is 1150. The lowest BCUT2D eigenvalue weighted by molar-refractivity contribution is -0.274. The first-order valence-corrected chi connectivity index (χ1v) is 10.3. The molecule has 1 aliphatic rings. The minimum atomic E-state index is -4.79. The molecular weight excluding hydrogens is 425 g/mol.